The molecule has 0 heterocycles. The van der Waals surface area contributed by atoms with E-state index in [2.05, 4.69) is 6.92 Å². The summed E-state index contributed by atoms with van der Waals surface area (Å²) in [6.45, 7) is 2.76. The van der Waals surface area contributed by atoms with Crippen molar-refractivity contribution < 1.29 is 9.90 Å². The molecule has 1 aliphatic rings. The first-order valence-corrected chi connectivity index (χ1v) is 5.50. The first-order valence-electron chi connectivity index (χ1n) is 5.50. The summed E-state index contributed by atoms with van der Waals surface area (Å²) < 4.78 is 0. The summed E-state index contributed by atoms with van der Waals surface area (Å²) in [6, 6.07) is 0. The average Bonchev–Trinajstić information content (AvgIpc) is 2.29. The summed E-state index contributed by atoms with van der Waals surface area (Å²) in [7, 11) is 0. The van der Waals surface area contributed by atoms with E-state index in [1.54, 1.807) is 0 Å². The molecular weight excluding hydrogens is 178 g/mol. The summed E-state index contributed by atoms with van der Waals surface area (Å²) in [5.74, 6) is 0.0298. The van der Waals surface area contributed by atoms with Crippen LogP contribution in [-0.4, -0.2) is 17.6 Å². The summed E-state index contributed by atoms with van der Waals surface area (Å²) in [4.78, 5) is 10.8. The Morgan fingerprint density at radius 3 is 2.79 bits per heavy atom. The number of rotatable bonds is 3. The fourth-order valence-electron chi connectivity index (χ4n) is 2.42. The molecule has 2 unspecified atom stereocenters. The fraction of sp³-hybridized carbons (Fsp3) is 0.909. The lowest BCUT2D eigenvalue weighted by molar-refractivity contribution is -0.139. The van der Waals surface area contributed by atoms with Crippen LogP contribution in [0.2, 0.25) is 0 Å². The highest BCUT2D eigenvalue weighted by Gasteiger charge is 2.33. The van der Waals surface area contributed by atoms with E-state index in [-0.39, 0.29) is 11.8 Å². The van der Waals surface area contributed by atoms with Gasteiger partial charge < -0.3 is 10.8 Å². The van der Waals surface area contributed by atoms with Crippen LogP contribution in [0.15, 0.2) is 0 Å². The maximum absolute atomic E-state index is 10.8. The van der Waals surface area contributed by atoms with Gasteiger partial charge in [0.15, 0.2) is 0 Å². The lowest BCUT2D eigenvalue weighted by Crippen LogP contribution is -2.32. The molecular formula is C11H21NO2. The molecule has 14 heavy (non-hydrogen) atoms. The van der Waals surface area contributed by atoms with Gasteiger partial charge in [0, 0.05) is 0 Å². The minimum Gasteiger partial charge on any atom is -0.481 e. The quantitative estimate of drug-likeness (QED) is 0.683. The summed E-state index contributed by atoms with van der Waals surface area (Å²) >= 11 is 0. The zero-order valence-corrected chi connectivity index (χ0v) is 8.96. The van der Waals surface area contributed by atoms with Gasteiger partial charge in [0.05, 0.1) is 6.42 Å². The van der Waals surface area contributed by atoms with Crippen molar-refractivity contribution in [2.75, 3.05) is 6.54 Å². The summed E-state index contributed by atoms with van der Waals surface area (Å²) in [5, 5.41) is 8.86. The van der Waals surface area contributed by atoms with Gasteiger partial charge in [-0.15, -0.1) is 0 Å². The van der Waals surface area contributed by atoms with E-state index in [0.29, 0.717) is 6.54 Å². The fourth-order valence-corrected chi connectivity index (χ4v) is 2.42. The summed E-state index contributed by atoms with van der Waals surface area (Å²) in [5.41, 5.74) is 5.62. The number of nitrogens with two attached hydrogens (primary N) is 1. The first-order chi connectivity index (χ1) is 6.58. The van der Waals surface area contributed by atoms with Gasteiger partial charge in [-0.25, -0.2) is 0 Å². The molecule has 1 rings (SSSR count). The van der Waals surface area contributed by atoms with Crippen molar-refractivity contribution >= 4 is 5.97 Å². The molecule has 2 atom stereocenters. The highest BCUT2D eigenvalue weighted by molar-refractivity contribution is 5.67. The molecule has 1 saturated carbocycles. The van der Waals surface area contributed by atoms with E-state index < -0.39 is 5.97 Å². The molecule has 0 saturated heterocycles. The van der Waals surface area contributed by atoms with Crippen LogP contribution in [0.3, 0.4) is 0 Å². The van der Waals surface area contributed by atoms with Crippen molar-refractivity contribution in [3.8, 4) is 0 Å². The number of carboxylic acids is 1. The van der Waals surface area contributed by atoms with Crippen molar-refractivity contribution in [2.24, 2.45) is 17.1 Å². The lowest BCUT2D eigenvalue weighted by Gasteiger charge is -2.29. The van der Waals surface area contributed by atoms with Gasteiger partial charge in [-0.3, -0.25) is 4.79 Å². The second kappa shape index (κ2) is 4.78. The molecule has 3 heteroatoms. The molecule has 3 nitrogen and oxygen atoms in total. The van der Waals surface area contributed by atoms with E-state index in [1.807, 2.05) is 0 Å². The molecule has 0 aromatic rings. The normalized spacial score (nSPS) is 33.7. The Labute approximate surface area is 85.7 Å². The third kappa shape index (κ3) is 2.98. The van der Waals surface area contributed by atoms with E-state index in [9.17, 15) is 4.79 Å². The predicted molar refractivity (Wildman–Crippen MR) is 56.0 cm³/mol. The van der Waals surface area contributed by atoms with Crippen molar-refractivity contribution in [1.82, 2.24) is 0 Å². The monoisotopic (exact) mass is 199 g/mol. The number of hydrogen-bond donors (Lipinski definition) is 2. The maximum atomic E-state index is 10.8. The van der Waals surface area contributed by atoms with Crippen LogP contribution in [0.1, 0.15) is 45.4 Å². The molecule has 0 amide bonds. The van der Waals surface area contributed by atoms with Crippen molar-refractivity contribution in [1.29, 1.82) is 0 Å². The van der Waals surface area contributed by atoms with E-state index in [1.165, 1.54) is 6.42 Å². The zero-order valence-electron chi connectivity index (χ0n) is 8.96. The van der Waals surface area contributed by atoms with Crippen LogP contribution in [0.25, 0.3) is 0 Å². The molecule has 0 spiro atoms. The van der Waals surface area contributed by atoms with Gasteiger partial charge in [0.25, 0.3) is 0 Å². The topological polar surface area (TPSA) is 63.3 Å². The van der Waals surface area contributed by atoms with Gasteiger partial charge >= 0.3 is 5.97 Å². The van der Waals surface area contributed by atoms with E-state index >= 15 is 0 Å². The Balaban J connectivity index is 2.62. The molecule has 1 fully saturated rings. The van der Waals surface area contributed by atoms with Crippen LogP contribution in [0, 0.1) is 11.3 Å². The molecule has 0 bridgehead atoms. The van der Waals surface area contributed by atoms with Gasteiger partial charge in [-0.05, 0) is 30.7 Å². The predicted octanol–water partition coefficient (Wildman–Crippen LogP) is 2.01. The van der Waals surface area contributed by atoms with Gasteiger partial charge in [-0.2, -0.15) is 0 Å². The number of carbonyl (C=O) groups is 1. The van der Waals surface area contributed by atoms with Crippen LogP contribution < -0.4 is 5.73 Å². The number of hydrogen-bond acceptors (Lipinski definition) is 2. The van der Waals surface area contributed by atoms with Gasteiger partial charge in [-0.1, -0.05) is 26.2 Å². The van der Waals surface area contributed by atoms with Crippen LogP contribution in [0.5, 0.6) is 0 Å². The van der Waals surface area contributed by atoms with E-state index in [0.717, 1.165) is 31.6 Å². The van der Waals surface area contributed by atoms with Crippen molar-refractivity contribution in [2.45, 2.75) is 45.4 Å². The summed E-state index contributed by atoms with van der Waals surface area (Å²) in [6.07, 6.45) is 5.70. The first kappa shape index (κ1) is 11.5. The molecule has 3 N–H and O–H groups in total. The van der Waals surface area contributed by atoms with Crippen molar-refractivity contribution in [3.05, 3.63) is 0 Å². The minimum atomic E-state index is -0.704. The Morgan fingerprint density at radius 1 is 1.50 bits per heavy atom. The third-order valence-corrected chi connectivity index (χ3v) is 3.53. The Bertz CT molecular complexity index is 205. The Morgan fingerprint density at radius 2 is 2.21 bits per heavy atom. The molecule has 0 aliphatic heterocycles. The molecule has 0 aromatic heterocycles. The smallest absolute Gasteiger partial charge is 0.303 e. The zero-order chi connectivity index (χ0) is 10.6. The van der Waals surface area contributed by atoms with Crippen LogP contribution in [-0.2, 0) is 4.79 Å². The van der Waals surface area contributed by atoms with Crippen LogP contribution in [0.4, 0.5) is 0 Å². The largest absolute Gasteiger partial charge is 0.481 e. The number of carboxylic acid groups (broad SMARTS) is 1. The Kier molecular flexibility index (Phi) is 3.93. The number of aliphatic carboxylic acids is 1. The third-order valence-electron chi connectivity index (χ3n) is 3.53. The Hall–Kier alpha value is -0.570. The lowest BCUT2D eigenvalue weighted by atomic mass is 9.77. The van der Waals surface area contributed by atoms with Crippen molar-refractivity contribution in [3.63, 3.8) is 0 Å². The maximum Gasteiger partial charge on any atom is 0.303 e. The van der Waals surface area contributed by atoms with Gasteiger partial charge in [0.2, 0.25) is 0 Å². The standard InChI is InChI=1S/C11H21NO2/c1-9-3-2-5-11(8-12,6-4-9)7-10(13)14/h9H,2-8,12H2,1H3,(H,13,14). The van der Waals surface area contributed by atoms with Crippen LogP contribution >= 0.6 is 0 Å². The molecule has 82 valence electrons. The molecule has 1 aliphatic carbocycles. The van der Waals surface area contributed by atoms with Gasteiger partial charge in [0.1, 0.15) is 0 Å². The molecule has 0 radical (unpaired) electrons. The second-order valence-corrected chi connectivity index (χ2v) is 4.81. The highest BCUT2D eigenvalue weighted by Crippen LogP contribution is 2.38. The highest BCUT2D eigenvalue weighted by atomic mass is 16.4. The molecule has 0 aromatic carbocycles. The minimum absolute atomic E-state index is 0.114. The average molecular weight is 199 g/mol. The van der Waals surface area contributed by atoms with E-state index in [4.69, 9.17) is 10.8 Å². The SMILES string of the molecule is CC1CCCC(CN)(CC(=O)O)CC1. The second-order valence-electron chi connectivity index (χ2n) is 4.81.